The molecule has 0 bridgehead atoms. The van der Waals surface area contributed by atoms with Crippen LogP contribution in [0, 0.1) is 0 Å². The summed E-state index contributed by atoms with van der Waals surface area (Å²) in [7, 11) is 0. The van der Waals surface area contributed by atoms with Gasteiger partial charge < -0.3 is 4.74 Å². The van der Waals surface area contributed by atoms with Crippen molar-refractivity contribution < 1.29 is 14.3 Å². The molecule has 0 aliphatic carbocycles. The Hall–Kier alpha value is -1.72. The van der Waals surface area contributed by atoms with Crippen LogP contribution in [0.4, 0.5) is 0 Å². The molecule has 0 saturated carbocycles. The number of carbonyl (C=O) groups is 2. The molecule has 2 aromatic rings. The third kappa shape index (κ3) is 3.89. The minimum atomic E-state index is -0.554. The number of ketones is 1. The van der Waals surface area contributed by atoms with Gasteiger partial charge in [-0.3, -0.25) is 4.79 Å². The summed E-state index contributed by atoms with van der Waals surface area (Å²) < 4.78 is 4.93. The summed E-state index contributed by atoms with van der Waals surface area (Å²) in [6, 6.07) is 7.37. The van der Waals surface area contributed by atoms with E-state index in [1.807, 2.05) is 12.1 Å². The lowest BCUT2D eigenvalue weighted by Gasteiger charge is -1.99. The third-order valence-electron chi connectivity index (χ3n) is 2.73. The highest BCUT2D eigenvalue weighted by atomic mass is 35.5. The summed E-state index contributed by atoms with van der Waals surface area (Å²) in [5.41, 5.74) is 1.12. The number of thiazole rings is 1. The largest absolute Gasteiger partial charge is 0.461 e. The van der Waals surface area contributed by atoms with Gasteiger partial charge in [0.25, 0.3) is 0 Å². The second-order valence-electron chi connectivity index (χ2n) is 4.37. The van der Waals surface area contributed by atoms with E-state index in [1.165, 1.54) is 18.3 Å². The van der Waals surface area contributed by atoms with Gasteiger partial charge >= 0.3 is 5.97 Å². The van der Waals surface area contributed by atoms with Crippen molar-refractivity contribution >= 4 is 34.7 Å². The molecule has 0 spiro atoms. The van der Waals surface area contributed by atoms with E-state index in [4.69, 9.17) is 16.3 Å². The molecule has 4 nitrogen and oxygen atoms in total. The molecule has 0 fully saturated rings. The van der Waals surface area contributed by atoms with Crippen molar-refractivity contribution in [2.75, 3.05) is 6.61 Å². The lowest BCUT2D eigenvalue weighted by Crippen LogP contribution is -2.09. The van der Waals surface area contributed by atoms with Crippen molar-refractivity contribution in [2.24, 2.45) is 0 Å². The fourth-order valence-corrected chi connectivity index (χ4v) is 2.90. The molecular weight excluding hydrogens is 310 g/mol. The number of halogens is 1. The molecule has 0 aliphatic rings. The van der Waals surface area contributed by atoms with Crippen LogP contribution in [-0.4, -0.2) is 23.3 Å². The number of aromatic nitrogens is 1. The molecule has 0 saturated heterocycles. The van der Waals surface area contributed by atoms with Crippen LogP contribution in [0.5, 0.6) is 0 Å². The minimum absolute atomic E-state index is 0.110. The number of rotatable bonds is 5. The highest BCUT2D eigenvalue weighted by Crippen LogP contribution is 2.23. The van der Waals surface area contributed by atoms with Gasteiger partial charge in [0, 0.05) is 18.4 Å². The van der Waals surface area contributed by atoms with Gasteiger partial charge in [0.05, 0.1) is 11.6 Å². The van der Waals surface area contributed by atoms with E-state index in [-0.39, 0.29) is 18.1 Å². The van der Waals surface area contributed by atoms with Crippen LogP contribution in [0.3, 0.4) is 0 Å². The number of benzene rings is 1. The van der Waals surface area contributed by atoms with E-state index in [1.54, 1.807) is 19.1 Å². The van der Waals surface area contributed by atoms with Gasteiger partial charge in [-0.2, -0.15) is 0 Å². The fraction of sp³-hybridized carbons (Fsp3) is 0.267. The molecule has 21 heavy (non-hydrogen) atoms. The zero-order valence-corrected chi connectivity index (χ0v) is 13.3. The Labute approximate surface area is 131 Å². The first kappa shape index (κ1) is 15.7. The van der Waals surface area contributed by atoms with Crippen LogP contribution in [0.15, 0.2) is 24.3 Å². The van der Waals surface area contributed by atoms with Gasteiger partial charge in [-0.05, 0) is 24.6 Å². The molecule has 1 heterocycles. The van der Waals surface area contributed by atoms with E-state index in [2.05, 4.69) is 4.98 Å². The zero-order valence-electron chi connectivity index (χ0n) is 11.7. The summed E-state index contributed by atoms with van der Waals surface area (Å²) in [5.74, 6) is -0.737. The van der Waals surface area contributed by atoms with Crippen LogP contribution in [0.1, 0.15) is 44.6 Å². The van der Waals surface area contributed by atoms with Crippen molar-refractivity contribution in [1.29, 1.82) is 0 Å². The van der Waals surface area contributed by atoms with Gasteiger partial charge in [-0.15, -0.1) is 11.3 Å². The predicted octanol–water partition coefficient (Wildman–Crippen LogP) is 3.77. The summed E-state index contributed by atoms with van der Waals surface area (Å²) >= 11 is 7.07. The van der Waals surface area contributed by atoms with E-state index >= 15 is 0 Å². The lowest BCUT2D eigenvalue weighted by atomic mass is 10.2. The Balaban J connectivity index is 2.28. The molecule has 0 N–H and O–H groups in total. The first-order chi connectivity index (χ1) is 10.0. The maximum absolute atomic E-state index is 11.8. The lowest BCUT2D eigenvalue weighted by molar-refractivity contribution is 0.0517. The van der Waals surface area contributed by atoms with E-state index in [9.17, 15) is 9.59 Å². The molecule has 0 radical (unpaired) electrons. The summed E-state index contributed by atoms with van der Waals surface area (Å²) in [5, 5.41) is 1.36. The smallest absolute Gasteiger partial charge is 0.358 e. The molecule has 110 valence electrons. The first-order valence-electron chi connectivity index (χ1n) is 6.43. The van der Waals surface area contributed by atoms with Crippen LogP contribution in [0.2, 0.25) is 5.02 Å². The topological polar surface area (TPSA) is 56.3 Å². The van der Waals surface area contributed by atoms with Crippen LogP contribution < -0.4 is 0 Å². The SMILES string of the molecule is CCOC(=O)c1nc(Cc2ccc(Cl)cc2)sc1C(C)=O. The number of Topliss-reactive ketones (excluding diaryl/α,β-unsaturated/α-hetero) is 1. The Morgan fingerprint density at radius 1 is 1.29 bits per heavy atom. The molecule has 0 unspecified atom stereocenters. The third-order valence-corrected chi connectivity index (χ3v) is 4.14. The van der Waals surface area contributed by atoms with E-state index in [0.717, 1.165) is 5.56 Å². The monoisotopic (exact) mass is 323 g/mol. The molecule has 6 heteroatoms. The van der Waals surface area contributed by atoms with Gasteiger partial charge in [0.15, 0.2) is 11.5 Å². The normalized spacial score (nSPS) is 10.4. The summed E-state index contributed by atoms with van der Waals surface area (Å²) in [6.07, 6.45) is 0.543. The van der Waals surface area contributed by atoms with E-state index in [0.29, 0.717) is 21.3 Å². The average Bonchev–Trinajstić information content (AvgIpc) is 2.86. The molecule has 1 aromatic heterocycles. The summed E-state index contributed by atoms with van der Waals surface area (Å²) in [4.78, 5) is 28.1. The number of nitrogens with zero attached hydrogens (tertiary/aromatic N) is 1. The second kappa shape index (κ2) is 6.83. The quantitative estimate of drug-likeness (QED) is 0.621. The van der Waals surface area contributed by atoms with Crippen molar-refractivity contribution in [1.82, 2.24) is 4.98 Å². The van der Waals surface area contributed by atoms with Crippen molar-refractivity contribution in [2.45, 2.75) is 20.3 Å². The second-order valence-corrected chi connectivity index (χ2v) is 5.89. The highest BCUT2D eigenvalue weighted by molar-refractivity contribution is 7.14. The number of hydrogen-bond donors (Lipinski definition) is 0. The Kier molecular flexibility index (Phi) is 5.09. The van der Waals surface area contributed by atoms with Gasteiger partial charge in [-0.25, -0.2) is 9.78 Å². The van der Waals surface area contributed by atoms with Crippen LogP contribution in [0.25, 0.3) is 0 Å². The van der Waals surface area contributed by atoms with Gasteiger partial charge in [0.1, 0.15) is 4.88 Å². The predicted molar refractivity (Wildman–Crippen MR) is 82.3 cm³/mol. The van der Waals surface area contributed by atoms with Gasteiger partial charge in [-0.1, -0.05) is 23.7 Å². The fourth-order valence-electron chi connectivity index (χ4n) is 1.79. The first-order valence-corrected chi connectivity index (χ1v) is 7.63. The molecule has 0 amide bonds. The van der Waals surface area contributed by atoms with Crippen LogP contribution >= 0.6 is 22.9 Å². The van der Waals surface area contributed by atoms with Crippen molar-refractivity contribution in [3.8, 4) is 0 Å². The molecule has 2 rings (SSSR count). The molecule has 1 aromatic carbocycles. The number of hydrogen-bond acceptors (Lipinski definition) is 5. The molecular formula is C15H14ClNO3S. The molecule has 0 aliphatic heterocycles. The average molecular weight is 324 g/mol. The Morgan fingerprint density at radius 2 is 1.95 bits per heavy atom. The zero-order chi connectivity index (χ0) is 15.4. The summed E-state index contributed by atoms with van der Waals surface area (Å²) in [6.45, 7) is 3.38. The Morgan fingerprint density at radius 3 is 2.52 bits per heavy atom. The van der Waals surface area contributed by atoms with Crippen molar-refractivity contribution in [3.63, 3.8) is 0 Å². The maximum atomic E-state index is 11.8. The van der Waals surface area contributed by atoms with Crippen LogP contribution in [-0.2, 0) is 11.2 Å². The maximum Gasteiger partial charge on any atom is 0.358 e. The highest BCUT2D eigenvalue weighted by Gasteiger charge is 2.22. The van der Waals surface area contributed by atoms with E-state index < -0.39 is 5.97 Å². The Bertz CT molecular complexity index is 664. The number of ether oxygens (including phenoxy) is 1. The standard InChI is InChI=1S/C15H14ClNO3S/c1-3-20-15(19)13-14(9(2)18)21-12(17-13)8-10-4-6-11(16)7-5-10/h4-7H,3,8H2,1-2H3. The number of esters is 1. The van der Waals surface area contributed by atoms with Crippen molar-refractivity contribution in [3.05, 3.63) is 50.4 Å². The number of carbonyl (C=O) groups excluding carboxylic acids is 2. The minimum Gasteiger partial charge on any atom is -0.461 e. The molecule has 0 atom stereocenters. The van der Waals surface area contributed by atoms with Gasteiger partial charge in [0.2, 0.25) is 0 Å².